The third kappa shape index (κ3) is 4.20. The van der Waals surface area contributed by atoms with Gasteiger partial charge in [-0.2, -0.15) is 0 Å². The van der Waals surface area contributed by atoms with Crippen LogP contribution in [0.15, 0.2) is 67.1 Å². The third-order valence-corrected chi connectivity index (χ3v) is 4.73. The van der Waals surface area contributed by atoms with E-state index in [1.807, 2.05) is 49.4 Å². The maximum Gasteiger partial charge on any atom is 0.270 e. The topological polar surface area (TPSA) is 99.8 Å². The van der Waals surface area contributed by atoms with Crippen LogP contribution >= 0.6 is 0 Å². The number of hydrogen-bond acceptors (Lipinski definition) is 4. The number of fused-ring (bicyclic) bond motifs is 1. The lowest BCUT2D eigenvalue weighted by atomic mass is 10.0. The number of amides is 2. The van der Waals surface area contributed by atoms with E-state index in [4.69, 9.17) is 0 Å². The van der Waals surface area contributed by atoms with Crippen LogP contribution in [0.4, 0.5) is 0 Å². The zero-order valence-electron chi connectivity index (χ0n) is 16.5. The van der Waals surface area contributed by atoms with Crippen LogP contribution in [0.2, 0.25) is 0 Å². The lowest BCUT2D eigenvalue weighted by Gasteiger charge is -2.07. The smallest absolute Gasteiger partial charge is 0.270 e. The number of nitrogens with one attached hydrogen (secondary N) is 3. The van der Waals surface area contributed by atoms with Gasteiger partial charge in [-0.25, -0.2) is 0 Å². The van der Waals surface area contributed by atoms with Gasteiger partial charge in [-0.05, 0) is 66.1 Å². The van der Waals surface area contributed by atoms with Gasteiger partial charge in [0, 0.05) is 42.6 Å². The fourth-order valence-electron chi connectivity index (χ4n) is 3.20. The highest BCUT2D eigenvalue weighted by Crippen LogP contribution is 2.25. The zero-order chi connectivity index (χ0) is 20.9. The summed E-state index contributed by atoms with van der Waals surface area (Å²) in [6.45, 7) is 2.86. The Morgan fingerprint density at radius 2 is 1.70 bits per heavy atom. The molecule has 0 aliphatic rings. The third-order valence-electron chi connectivity index (χ3n) is 4.73. The maximum absolute atomic E-state index is 12.5. The number of benzene rings is 1. The first kappa shape index (κ1) is 19.3. The molecule has 4 rings (SSSR count). The molecule has 0 aliphatic heterocycles. The first-order chi connectivity index (χ1) is 14.6. The Kier molecular flexibility index (Phi) is 5.52. The van der Waals surface area contributed by atoms with E-state index < -0.39 is 0 Å². The average Bonchev–Trinajstić information content (AvgIpc) is 3.22. The van der Waals surface area contributed by atoms with Crippen LogP contribution in [-0.2, 0) is 6.54 Å². The largest absolute Gasteiger partial charge is 0.351 e. The molecule has 0 bridgehead atoms. The molecular formula is C23H21N5O2. The fraction of sp³-hybridized carbons (Fsp3) is 0.130. The predicted octanol–water partition coefficient (Wildman–Crippen LogP) is 3.30. The minimum absolute atomic E-state index is 0.132. The van der Waals surface area contributed by atoms with Gasteiger partial charge in [-0.1, -0.05) is 6.07 Å². The van der Waals surface area contributed by atoms with E-state index in [2.05, 4.69) is 25.6 Å². The number of aromatic amines is 1. The van der Waals surface area contributed by atoms with Gasteiger partial charge in [0.25, 0.3) is 11.8 Å². The highest BCUT2D eigenvalue weighted by molar-refractivity contribution is 5.99. The van der Waals surface area contributed by atoms with E-state index in [-0.39, 0.29) is 11.8 Å². The molecule has 7 heteroatoms. The van der Waals surface area contributed by atoms with Crippen molar-refractivity contribution in [1.82, 2.24) is 25.6 Å². The summed E-state index contributed by atoms with van der Waals surface area (Å²) in [5.74, 6) is -0.373. The second-order valence-corrected chi connectivity index (χ2v) is 6.81. The maximum atomic E-state index is 12.5. The molecule has 7 nitrogen and oxygen atoms in total. The van der Waals surface area contributed by atoms with Gasteiger partial charge in [0.2, 0.25) is 0 Å². The van der Waals surface area contributed by atoms with Crippen molar-refractivity contribution in [3.8, 4) is 11.1 Å². The number of pyridine rings is 2. The van der Waals surface area contributed by atoms with Crippen LogP contribution in [-0.4, -0.2) is 33.3 Å². The first-order valence-corrected chi connectivity index (χ1v) is 9.68. The molecule has 150 valence electrons. The number of hydrogen-bond donors (Lipinski definition) is 3. The van der Waals surface area contributed by atoms with Crippen molar-refractivity contribution in [3.63, 3.8) is 0 Å². The van der Waals surface area contributed by atoms with Gasteiger partial charge >= 0.3 is 0 Å². The summed E-state index contributed by atoms with van der Waals surface area (Å²) in [4.78, 5) is 35.9. The number of rotatable bonds is 6. The summed E-state index contributed by atoms with van der Waals surface area (Å²) < 4.78 is 0. The van der Waals surface area contributed by atoms with Crippen LogP contribution in [0.25, 0.3) is 22.0 Å². The van der Waals surface area contributed by atoms with Gasteiger partial charge < -0.3 is 15.6 Å². The SMILES string of the molecule is CCNC(=O)c1cc2cc(-c3ccnc(C(=O)NCc4ccncc4)c3)ccc2[nH]1. The molecule has 0 radical (unpaired) electrons. The first-order valence-electron chi connectivity index (χ1n) is 9.68. The zero-order valence-corrected chi connectivity index (χ0v) is 16.5. The van der Waals surface area contributed by atoms with Crippen molar-refractivity contribution in [2.75, 3.05) is 6.54 Å². The van der Waals surface area contributed by atoms with Crippen molar-refractivity contribution < 1.29 is 9.59 Å². The molecule has 4 aromatic rings. The van der Waals surface area contributed by atoms with Crippen LogP contribution in [0, 0.1) is 0 Å². The van der Waals surface area contributed by atoms with Gasteiger partial charge in [-0.3, -0.25) is 19.6 Å². The molecule has 2 amide bonds. The second kappa shape index (κ2) is 8.57. The van der Waals surface area contributed by atoms with Gasteiger partial charge in [0.1, 0.15) is 11.4 Å². The molecule has 0 aliphatic carbocycles. The molecule has 3 N–H and O–H groups in total. The summed E-state index contributed by atoms with van der Waals surface area (Å²) in [7, 11) is 0. The summed E-state index contributed by atoms with van der Waals surface area (Å²) in [5, 5.41) is 6.58. The second-order valence-electron chi connectivity index (χ2n) is 6.81. The van der Waals surface area contributed by atoms with E-state index in [1.54, 1.807) is 24.7 Å². The molecule has 0 saturated heterocycles. The monoisotopic (exact) mass is 399 g/mol. The van der Waals surface area contributed by atoms with Crippen molar-refractivity contribution in [3.05, 3.63) is 84.1 Å². The number of carbonyl (C=O) groups is 2. The Morgan fingerprint density at radius 1 is 0.900 bits per heavy atom. The molecule has 3 aromatic heterocycles. The number of aromatic nitrogens is 3. The minimum Gasteiger partial charge on any atom is -0.351 e. The average molecular weight is 399 g/mol. The lowest BCUT2D eigenvalue weighted by molar-refractivity contribution is 0.0940. The number of nitrogens with zero attached hydrogens (tertiary/aromatic N) is 2. The predicted molar refractivity (Wildman–Crippen MR) is 115 cm³/mol. The Labute approximate surface area is 173 Å². The Hall–Kier alpha value is -4.00. The molecule has 0 unspecified atom stereocenters. The quantitative estimate of drug-likeness (QED) is 0.463. The van der Waals surface area contributed by atoms with E-state index in [1.165, 1.54) is 0 Å². The van der Waals surface area contributed by atoms with Gasteiger partial charge in [0.15, 0.2) is 0 Å². The molecule has 0 saturated carbocycles. The van der Waals surface area contributed by atoms with Crippen LogP contribution < -0.4 is 10.6 Å². The van der Waals surface area contributed by atoms with E-state index in [9.17, 15) is 9.59 Å². The highest BCUT2D eigenvalue weighted by Gasteiger charge is 2.11. The highest BCUT2D eigenvalue weighted by atomic mass is 16.2. The molecule has 1 aromatic carbocycles. The summed E-state index contributed by atoms with van der Waals surface area (Å²) in [6.07, 6.45) is 5.00. The Bertz CT molecular complexity index is 1200. The minimum atomic E-state index is -0.241. The van der Waals surface area contributed by atoms with Crippen LogP contribution in [0.3, 0.4) is 0 Å². The number of carbonyl (C=O) groups excluding carboxylic acids is 2. The fourth-order valence-corrected chi connectivity index (χ4v) is 3.20. The van der Waals surface area contributed by atoms with Crippen molar-refractivity contribution in [1.29, 1.82) is 0 Å². The molecule has 0 atom stereocenters. The molecule has 30 heavy (non-hydrogen) atoms. The number of H-pyrrole nitrogens is 1. The standard InChI is InChI=1S/C23H21N5O2/c1-2-25-23(30)21-13-18-11-16(3-4-19(18)28-21)17-7-10-26-20(12-17)22(29)27-14-15-5-8-24-9-6-15/h3-13,28H,2,14H2,1H3,(H,25,30)(H,27,29). The normalized spacial score (nSPS) is 10.7. The van der Waals surface area contributed by atoms with Crippen LogP contribution in [0.5, 0.6) is 0 Å². The van der Waals surface area contributed by atoms with Crippen molar-refractivity contribution in [2.24, 2.45) is 0 Å². The summed E-state index contributed by atoms with van der Waals surface area (Å²) >= 11 is 0. The Morgan fingerprint density at radius 3 is 2.50 bits per heavy atom. The van der Waals surface area contributed by atoms with E-state index in [0.29, 0.717) is 24.5 Å². The lowest BCUT2D eigenvalue weighted by Crippen LogP contribution is -2.23. The van der Waals surface area contributed by atoms with Crippen molar-refractivity contribution in [2.45, 2.75) is 13.5 Å². The van der Waals surface area contributed by atoms with Gasteiger partial charge in [0.05, 0.1) is 0 Å². The van der Waals surface area contributed by atoms with E-state index in [0.717, 1.165) is 27.6 Å². The molecular weight excluding hydrogens is 378 g/mol. The molecule has 0 spiro atoms. The molecule has 3 heterocycles. The van der Waals surface area contributed by atoms with E-state index >= 15 is 0 Å². The Balaban J connectivity index is 1.54. The summed E-state index contributed by atoms with van der Waals surface area (Å²) in [5.41, 5.74) is 4.53. The molecule has 0 fully saturated rings. The van der Waals surface area contributed by atoms with Gasteiger partial charge in [-0.15, -0.1) is 0 Å². The van der Waals surface area contributed by atoms with Crippen molar-refractivity contribution >= 4 is 22.7 Å². The summed E-state index contributed by atoms with van der Waals surface area (Å²) in [6, 6.07) is 15.0. The van der Waals surface area contributed by atoms with Crippen LogP contribution in [0.1, 0.15) is 33.5 Å².